The number of benzene rings is 1. The first-order valence-electron chi connectivity index (χ1n) is 9.41. The summed E-state index contributed by atoms with van der Waals surface area (Å²) >= 11 is 0. The van der Waals surface area contributed by atoms with Gasteiger partial charge in [0.05, 0.1) is 5.39 Å². The highest BCUT2D eigenvalue weighted by molar-refractivity contribution is 5.91. The van der Waals surface area contributed by atoms with Crippen LogP contribution < -0.4 is 5.32 Å². The number of hydrogen-bond acceptors (Lipinski definition) is 4. The van der Waals surface area contributed by atoms with Gasteiger partial charge in [0, 0.05) is 18.8 Å². The summed E-state index contributed by atoms with van der Waals surface area (Å²) in [7, 11) is 4.18. The maximum Gasteiger partial charge on any atom is 0.145 e. The summed E-state index contributed by atoms with van der Waals surface area (Å²) < 4.78 is 15.6. The summed E-state index contributed by atoms with van der Waals surface area (Å²) in [5.74, 6) is 0.654. The van der Waals surface area contributed by atoms with Crippen LogP contribution in [0.25, 0.3) is 11.0 Å². The Bertz CT molecular complexity index is 916. The van der Waals surface area contributed by atoms with Gasteiger partial charge in [0.25, 0.3) is 0 Å². The van der Waals surface area contributed by atoms with Crippen LogP contribution >= 0.6 is 0 Å². The van der Waals surface area contributed by atoms with Gasteiger partial charge in [-0.3, -0.25) is 0 Å². The van der Waals surface area contributed by atoms with E-state index in [0.717, 1.165) is 48.3 Å². The standard InChI is InChI=1S/C21H28FN5/c1-15-16(2)27(12-6-11-26(3)4)21-19(15)20(24-14-25-21)23-10-9-17-7-5-8-18(22)13-17/h5,7-8,13-14H,6,9-12H2,1-4H3,(H,23,24,25). The van der Waals surface area contributed by atoms with Crippen molar-refractivity contribution in [1.29, 1.82) is 0 Å². The predicted molar refractivity (Wildman–Crippen MR) is 109 cm³/mol. The van der Waals surface area contributed by atoms with Crippen molar-refractivity contribution >= 4 is 16.9 Å². The fraction of sp³-hybridized carbons (Fsp3) is 0.429. The van der Waals surface area contributed by atoms with Gasteiger partial charge in [-0.1, -0.05) is 12.1 Å². The molecule has 3 rings (SSSR count). The van der Waals surface area contributed by atoms with E-state index in [-0.39, 0.29) is 5.82 Å². The maximum atomic E-state index is 13.3. The molecule has 27 heavy (non-hydrogen) atoms. The zero-order valence-electron chi connectivity index (χ0n) is 16.6. The molecule has 2 aromatic heterocycles. The van der Waals surface area contributed by atoms with E-state index in [1.807, 2.05) is 6.07 Å². The van der Waals surface area contributed by atoms with Gasteiger partial charge < -0.3 is 14.8 Å². The van der Waals surface area contributed by atoms with Crippen molar-refractivity contribution in [3.8, 4) is 0 Å². The van der Waals surface area contributed by atoms with Crippen molar-refractivity contribution in [3.05, 3.63) is 53.2 Å². The molecule has 0 spiro atoms. The molecule has 144 valence electrons. The molecule has 0 radical (unpaired) electrons. The van der Waals surface area contributed by atoms with Gasteiger partial charge in [0.2, 0.25) is 0 Å². The van der Waals surface area contributed by atoms with Crippen LogP contribution in [0.3, 0.4) is 0 Å². The normalized spacial score (nSPS) is 11.5. The second-order valence-corrected chi connectivity index (χ2v) is 7.25. The van der Waals surface area contributed by atoms with E-state index >= 15 is 0 Å². The highest BCUT2D eigenvalue weighted by Crippen LogP contribution is 2.28. The maximum absolute atomic E-state index is 13.3. The Morgan fingerprint density at radius 3 is 2.74 bits per heavy atom. The van der Waals surface area contributed by atoms with E-state index in [1.54, 1.807) is 18.5 Å². The smallest absolute Gasteiger partial charge is 0.145 e. The Morgan fingerprint density at radius 1 is 1.19 bits per heavy atom. The number of aromatic nitrogens is 3. The summed E-state index contributed by atoms with van der Waals surface area (Å²) in [6, 6.07) is 6.73. The topological polar surface area (TPSA) is 46.0 Å². The van der Waals surface area contributed by atoms with Crippen molar-refractivity contribution in [1.82, 2.24) is 19.4 Å². The van der Waals surface area contributed by atoms with Crippen LogP contribution in [0.2, 0.25) is 0 Å². The molecule has 0 amide bonds. The zero-order valence-corrected chi connectivity index (χ0v) is 16.6. The molecular formula is C21H28FN5. The fourth-order valence-corrected chi connectivity index (χ4v) is 3.44. The van der Waals surface area contributed by atoms with E-state index in [1.165, 1.54) is 17.3 Å². The van der Waals surface area contributed by atoms with E-state index < -0.39 is 0 Å². The second-order valence-electron chi connectivity index (χ2n) is 7.25. The van der Waals surface area contributed by atoms with E-state index in [0.29, 0.717) is 6.54 Å². The molecule has 6 heteroatoms. The van der Waals surface area contributed by atoms with Crippen molar-refractivity contribution in [2.75, 3.05) is 32.5 Å². The van der Waals surface area contributed by atoms with E-state index in [9.17, 15) is 4.39 Å². The molecule has 0 saturated carbocycles. The third-order valence-electron chi connectivity index (χ3n) is 4.99. The zero-order chi connectivity index (χ0) is 19.4. The van der Waals surface area contributed by atoms with E-state index in [2.05, 4.69) is 52.7 Å². The molecule has 5 nitrogen and oxygen atoms in total. The van der Waals surface area contributed by atoms with Crippen molar-refractivity contribution < 1.29 is 4.39 Å². The molecule has 0 aliphatic carbocycles. The van der Waals surface area contributed by atoms with Crippen LogP contribution in [-0.4, -0.2) is 46.6 Å². The molecule has 1 N–H and O–H groups in total. The fourth-order valence-electron chi connectivity index (χ4n) is 3.44. The predicted octanol–water partition coefficient (Wildman–Crippen LogP) is 3.79. The Labute approximate surface area is 160 Å². The van der Waals surface area contributed by atoms with Crippen molar-refractivity contribution in [2.24, 2.45) is 0 Å². The lowest BCUT2D eigenvalue weighted by atomic mass is 10.1. The summed E-state index contributed by atoms with van der Waals surface area (Å²) in [4.78, 5) is 11.2. The van der Waals surface area contributed by atoms with Crippen LogP contribution in [0.15, 0.2) is 30.6 Å². The van der Waals surface area contributed by atoms with Gasteiger partial charge in [0.1, 0.15) is 23.6 Å². The van der Waals surface area contributed by atoms with Crippen molar-refractivity contribution in [3.63, 3.8) is 0 Å². The number of halogens is 1. The quantitative estimate of drug-likeness (QED) is 0.656. The SMILES string of the molecule is Cc1c(C)n(CCCN(C)C)c2ncnc(NCCc3cccc(F)c3)c12. The molecule has 0 atom stereocenters. The average Bonchev–Trinajstić information content (AvgIpc) is 2.87. The lowest BCUT2D eigenvalue weighted by Crippen LogP contribution is -2.15. The third kappa shape index (κ3) is 4.45. The molecule has 0 unspecified atom stereocenters. The second kappa shape index (κ2) is 8.48. The largest absolute Gasteiger partial charge is 0.369 e. The summed E-state index contributed by atoms with van der Waals surface area (Å²) in [5.41, 5.74) is 4.40. The lowest BCUT2D eigenvalue weighted by molar-refractivity contribution is 0.387. The number of aryl methyl sites for hydroxylation is 2. The summed E-state index contributed by atoms with van der Waals surface area (Å²) in [6.45, 7) is 6.94. The van der Waals surface area contributed by atoms with Crippen molar-refractivity contribution in [2.45, 2.75) is 33.2 Å². The Kier molecular flexibility index (Phi) is 6.06. The third-order valence-corrected chi connectivity index (χ3v) is 4.99. The average molecular weight is 369 g/mol. The van der Waals surface area contributed by atoms with E-state index in [4.69, 9.17) is 0 Å². The van der Waals surface area contributed by atoms with Gasteiger partial charge in [-0.15, -0.1) is 0 Å². The molecule has 0 aliphatic heterocycles. The minimum atomic E-state index is -0.196. The van der Waals surface area contributed by atoms with Gasteiger partial charge in [-0.25, -0.2) is 14.4 Å². The van der Waals surface area contributed by atoms with Crippen LogP contribution in [0, 0.1) is 19.7 Å². The number of rotatable bonds is 8. The van der Waals surface area contributed by atoms with Crippen LogP contribution in [0.1, 0.15) is 23.2 Å². The molecular weight excluding hydrogens is 341 g/mol. The number of nitrogens with zero attached hydrogens (tertiary/aromatic N) is 4. The van der Waals surface area contributed by atoms with Gasteiger partial charge in [-0.05, 0) is 70.6 Å². The molecule has 0 fully saturated rings. The van der Waals surface area contributed by atoms with Crippen LogP contribution in [0.4, 0.5) is 10.2 Å². The minimum absolute atomic E-state index is 0.196. The number of nitrogens with one attached hydrogen (secondary N) is 1. The number of fused-ring (bicyclic) bond motifs is 1. The minimum Gasteiger partial charge on any atom is -0.369 e. The Hall–Kier alpha value is -2.47. The van der Waals surface area contributed by atoms with Gasteiger partial charge in [-0.2, -0.15) is 0 Å². The molecule has 1 aromatic carbocycles. The first-order valence-corrected chi connectivity index (χ1v) is 9.41. The summed E-state index contributed by atoms with van der Waals surface area (Å²) in [5, 5.41) is 4.50. The highest BCUT2D eigenvalue weighted by atomic mass is 19.1. The molecule has 0 saturated heterocycles. The van der Waals surface area contributed by atoms with Gasteiger partial charge in [0.15, 0.2) is 0 Å². The first-order chi connectivity index (χ1) is 13.0. The molecule has 3 aromatic rings. The van der Waals surface area contributed by atoms with Crippen LogP contribution in [-0.2, 0) is 13.0 Å². The molecule has 0 aliphatic rings. The Morgan fingerprint density at radius 2 is 2.00 bits per heavy atom. The van der Waals surface area contributed by atoms with Crippen LogP contribution in [0.5, 0.6) is 0 Å². The Balaban J connectivity index is 1.78. The number of hydrogen-bond donors (Lipinski definition) is 1. The number of anilines is 1. The van der Waals surface area contributed by atoms with Gasteiger partial charge >= 0.3 is 0 Å². The lowest BCUT2D eigenvalue weighted by Gasteiger charge is -2.12. The monoisotopic (exact) mass is 369 g/mol. The highest BCUT2D eigenvalue weighted by Gasteiger charge is 2.16. The first kappa shape index (κ1) is 19.3. The molecule has 0 bridgehead atoms. The molecule has 2 heterocycles. The summed E-state index contributed by atoms with van der Waals surface area (Å²) in [6.07, 6.45) is 3.43.